The van der Waals surface area contributed by atoms with Gasteiger partial charge in [0.25, 0.3) is 0 Å². The van der Waals surface area contributed by atoms with E-state index in [9.17, 15) is 9.90 Å². The van der Waals surface area contributed by atoms with Gasteiger partial charge >= 0.3 is 5.97 Å². The minimum absolute atomic E-state index is 0.351. The summed E-state index contributed by atoms with van der Waals surface area (Å²) in [4.78, 5) is 11.1. The van der Waals surface area contributed by atoms with Gasteiger partial charge in [-0.15, -0.1) is 0 Å². The van der Waals surface area contributed by atoms with Gasteiger partial charge in [-0.05, 0) is 24.7 Å². The van der Waals surface area contributed by atoms with Crippen molar-refractivity contribution in [3.05, 3.63) is 0 Å². The predicted octanol–water partition coefficient (Wildman–Crippen LogP) is 16.2. The van der Waals surface area contributed by atoms with Crippen molar-refractivity contribution in [2.75, 3.05) is 0 Å². The Bertz CT molecular complexity index is 572. The second-order valence-corrected chi connectivity index (χ2v) is 15.4. The third kappa shape index (κ3) is 34.8. The van der Waals surface area contributed by atoms with E-state index in [2.05, 4.69) is 20.8 Å². The van der Waals surface area contributed by atoms with Gasteiger partial charge < -0.3 is 5.11 Å². The lowest BCUT2D eigenvalue weighted by Gasteiger charge is -2.26. The van der Waals surface area contributed by atoms with Gasteiger partial charge in [-0.1, -0.05) is 245 Å². The molecule has 0 aromatic rings. The van der Waals surface area contributed by atoms with Gasteiger partial charge in [-0.2, -0.15) is 0 Å². The molecule has 2 nitrogen and oxygen atoms in total. The van der Waals surface area contributed by atoms with Crippen molar-refractivity contribution in [3.63, 3.8) is 0 Å². The standard InChI is InChI=1S/C44H88O2/c1-4-7-9-11-13-15-16-17-18-19-20-21-22-23-24-25-26-27-28-30-31-33-35-38-42(6-3)43(40-37-41-44(45)46)39-36-34-32-29-14-12-10-8-5-2/h42-43H,4-41H2,1-3H3,(H,45,46). The first kappa shape index (κ1) is 45.5. The fourth-order valence-corrected chi connectivity index (χ4v) is 7.81. The van der Waals surface area contributed by atoms with Gasteiger partial charge in [-0.25, -0.2) is 0 Å². The molecule has 276 valence electrons. The van der Waals surface area contributed by atoms with Crippen LogP contribution in [0.15, 0.2) is 0 Å². The monoisotopic (exact) mass is 649 g/mol. The zero-order chi connectivity index (χ0) is 33.6. The normalized spacial score (nSPS) is 12.9. The van der Waals surface area contributed by atoms with Crippen molar-refractivity contribution in [3.8, 4) is 0 Å². The molecule has 0 heterocycles. The molecule has 0 aromatic heterocycles. The van der Waals surface area contributed by atoms with Crippen molar-refractivity contribution < 1.29 is 9.90 Å². The molecule has 0 saturated heterocycles. The summed E-state index contributed by atoms with van der Waals surface area (Å²) in [6, 6.07) is 0. The molecule has 0 rings (SSSR count). The maximum atomic E-state index is 11.1. The Morgan fingerprint density at radius 3 is 0.848 bits per heavy atom. The summed E-state index contributed by atoms with van der Waals surface area (Å²) in [6.45, 7) is 6.97. The van der Waals surface area contributed by atoms with Crippen molar-refractivity contribution >= 4 is 5.97 Å². The van der Waals surface area contributed by atoms with Crippen LogP contribution in [0.25, 0.3) is 0 Å². The fraction of sp³-hybridized carbons (Fsp3) is 0.977. The number of carboxylic acids is 1. The number of unbranched alkanes of at least 4 members (excludes halogenated alkanes) is 30. The highest BCUT2D eigenvalue weighted by atomic mass is 16.4. The Morgan fingerprint density at radius 1 is 0.348 bits per heavy atom. The molecule has 1 N–H and O–H groups in total. The van der Waals surface area contributed by atoms with E-state index in [0.29, 0.717) is 6.42 Å². The Morgan fingerprint density at radius 2 is 0.587 bits per heavy atom. The number of carboxylic acid groups (broad SMARTS) is 1. The van der Waals surface area contributed by atoms with Gasteiger partial charge in [-0.3, -0.25) is 4.79 Å². The van der Waals surface area contributed by atoms with Crippen LogP contribution in [-0.4, -0.2) is 11.1 Å². The van der Waals surface area contributed by atoms with Crippen molar-refractivity contribution in [1.82, 2.24) is 0 Å². The van der Waals surface area contributed by atoms with E-state index in [1.165, 1.54) is 225 Å². The molecule has 2 heteroatoms. The Hall–Kier alpha value is -0.530. The molecular weight excluding hydrogens is 560 g/mol. The average molecular weight is 649 g/mol. The zero-order valence-corrected chi connectivity index (χ0v) is 32.4. The SMILES string of the molecule is CCCCCCCCCCCCCCCCCCCCCCCCCC(CC)C(CCCCCCCCCCC)CCCC(=O)O. The van der Waals surface area contributed by atoms with Gasteiger partial charge in [0.1, 0.15) is 0 Å². The topological polar surface area (TPSA) is 37.3 Å². The molecule has 0 amide bonds. The molecule has 0 spiro atoms. The molecule has 46 heavy (non-hydrogen) atoms. The summed E-state index contributed by atoms with van der Waals surface area (Å²) in [5, 5.41) is 9.17. The van der Waals surface area contributed by atoms with E-state index in [-0.39, 0.29) is 0 Å². The van der Waals surface area contributed by atoms with Crippen LogP contribution >= 0.6 is 0 Å². The lowest BCUT2D eigenvalue weighted by atomic mass is 9.79. The first-order chi connectivity index (χ1) is 22.7. The highest BCUT2D eigenvalue weighted by molar-refractivity contribution is 5.66. The minimum atomic E-state index is -0.621. The Balaban J connectivity index is 3.71. The summed E-state index contributed by atoms with van der Waals surface area (Å²) in [7, 11) is 0. The van der Waals surface area contributed by atoms with E-state index < -0.39 is 5.97 Å². The zero-order valence-electron chi connectivity index (χ0n) is 32.4. The van der Waals surface area contributed by atoms with Crippen LogP contribution in [0.3, 0.4) is 0 Å². The van der Waals surface area contributed by atoms with Crippen LogP contribution in [-0.2, 0) is 4.79 Å². The maximum Gasteiger partial charge on any atom is 0.303 e. The molecule has 0 fully saturated rings. The van der Waals surface area contributed by atoms with Crippen molar-refractivity contribution in [2.45, 2.75) is 265 Å². The minimum Gasteiger partial charge on any atom is -0.481 e. The van der Waals surface area contributed by atoms with E-state index >= 15 is 0 Å². The predicted molar refractivity (Wildman–Crippen MR) is 207 cm³/mol. The molecule has 0 radical (unpaired) electrons. The van der Waals surface area contributed by atoms with Gasteiger partial charge in [0.2, 0.25) is 0 Å². The number of carbonyl (C=O) groups is 1. The van der Waals surface area contributed by atoms with Crippen LogP contribution < -0.4 is 0 Å². The van der Waals surface area contributed by atoms with Crippen LogP contribution in [0.2, 0.25) is 0 Å². The summed E-state index contributed by atoms with van der Waals surface area (Å²) in [6.07, 6.45) is 52.1. The van der Waals surface area contributed by atoms with E-state index in [1.807, 2.05) is 0 Å². The van der Waals surface area contributed by atoms with Crippen molar-refractivity contribution in [2.24, 2.45) is 11.8 Å². The molecule has 2 unspecified atom stereocenters. The summed E-state index contributed by atoms with van der Waals surface area (Å²) >= 11 is 0. The summed E-state index contributed by atoms with van der Waals surface area (Å²) in [5.74, 6) is 0.927. The summed E-state index contributed by atoms with van der Waals surface area (Å²) < 4.78 is 0. The van der Waals surface area contributed by atoms with Crippen LogP contribution in [0.1, 0.15) is 265 Å². The Kier molecular flexibility index (Phi) is 38.5. The second-order valence-electron chi connectivity index (χ2n) is 15.4. The molecule has 0 bridgehead atoms. The van der Waals surface area contributed by atoms with E-state index in [4.69, 9.17) is 0 Å². The number of hydrogen-bond acceptors (Lipinski definition) is 1. The first-order valence-electron chi connectivity index (χ1n) is 21.9. The third-order valence-electron chi connectivity index (χ3n) is 11.0. The molecule has 2 atom stereocenters. The van der Waals surface area contributed by atoms with Gasteiger partial charge in [0.05, 0.1) is 0 Å². The maximum absolute atomic E-state index is 11.1. The molecule has 0 aliphatic heterocycles. The Labute approximate surface area is 291 Å². The molecule has 0 aromatic carbocycles. The average Bonchev–Trinajstić information content (AvgIpc) is 3.05. The summed E-state index contributed by atoms with van der Waals surface area (Å²) in [5.41, 5.74) is 0. The van der Waals surface area contributed by atoms with Crippen LogP contribution in [0, 0.1) is 11.8 Å². The number of hydrogen-bond donors (Lipinski definition) is 1. The highest BCUT2D eigenvalue weighted by Crippen LogP contribution is 2.32. The lowest BCUT2D eigenvalue weighted by Crippen LogP contribution is -2.15. The molecule has 0 aliphatic carbocycles. The van der Waals surface area contributed by atoms with E-state index in [0.717, 1.165) is 24.7 Å². The number of rotatable bonds is 40. The van der Waals surface area contributed by atoms with Crippen LogP contribution in [0.5, 0.6) is 0 Å². The highest BCUT2D eigenvalue weighted by Gasteiger charge is 2.19. The van der Waals surface area contributed by atoms with Crippen molar-refractivity contribution in [1.29, 1.82) is 0 Å². The third-order valence-corrected chi connectivity index (χ3v) is 11.0. The second kappa shape index (κ2) is 38.9. The van der Waals surface area contributed by atoms with E-state index in [1.54, 1.807) is 0 Å². The number of aliphatic carboxylic acids is 1. The smallest absolute Gasteiger partial charge is 0.303 e. The first-order valence-corrected chi connectivity index (χ1v) is 21.9. The largest absolute Gasteiger partial charge is 0.481 e. The molecule has 0 aliphatic rings. The molecule has 0 saturated carbocycles. The van der Waals surface area contributed by atoms with Gasteiger partial charge in [0, 0.05) is 6.42 Å². The fourth-order valence-electron chi connectivity index (χ4n) is 7.81. The van der Waals surface area contributed by atoms with Crippen LogP contribution in [0.4, 0.5) is 0 Å². The van der Waals surface area contributed by atoms with Gasteiger partial charge in [0.15, 0.2) is 0 Å². The quantitative estimate of drug-likeness (QED) is 0.0671. The molecular formula is C44H88O2. The lowest BCUT2D eigenvalue weighted by molar-refractivity contribution is -0.137.